The average molecular weight is 284 g/mol. The monoisotopic (exact) mass is 283 g/mol. The van der Waals surface area contributed by atoms with E-state index in [9.17, 15) is 0 Å². The van der Waals surface area contributed by atoms with Crippen molar-refractivity contribution in [1.82, 2.24) is 19.6 Å². The van der Waals surface area contributed by atoms with E-state index in [0.29, 0.717) is 6.04 Å². The van der Waals surface area contributed by atoms with Crippen LogP contribution in [0.5, 0.6) is 0 Å². The largest absolute Gasteiger partial charge is 0.365 e. The van der Waals surface area contributed by atoms with Crippen LogP contribution < -0.4 is 5.32 Å². The van der Waals surface area contributed by atoms with Gasteiger partial charge in [0.2, 0.25) is 0 Å². The quantitative estimate of drug-likeness (QED) is 0.917. The molecule has 0 atom stereocenters. The molecular weight excluding hydrogens is 262 g/mol. The van der Waals surface area contributed by atoms with Crippen molar-refractivity contribution in [3.63, 3.8) is 0 Å². The molecule has 19 heavy (non-hydrogen) atoms. The minimum Gasteiger partial charge on any atom is -0.365 e. The Morgan fingerprint density at radius 3 is 2.68 bits per heavy atom. The highest BCUT2D eigenvalue weighted by Crippen LogP contribution is 2.15. The van der Waals surface area contributed by atoms with Crippen molar-refractivity contribution < 1.29 is 0 Å². The summed E-state index contributed by atoms with van der Waals surface area (Å²) in [4.78, 5) is 0. The predicted molar refractivity (Wildman–Crippen MR) is 79.8 cm³/mol. The summed E-state index contributed by atoms with van der Waals surface area (Å²) in [5.74, 6) is 1.05. The topological polar surface area (TPSA) is 47.7 Å². The van der Waals surface area contributed by atoms with Gasteiger partial charge in [-0.1, -0.05) is 0 Å². The lowest BCUT2D eigenvalue weighted by Gasteiger charge is -2.13. The molecule has 0 aliphatic heterocycles. The standard InChI is InChI=1S/C13H21N5.ClH/c1-5-17-12(11(4)8-16-17)9-14-13-6-7-15-18(13)10(2)3;/h6-8,10,14H,5,9H2,1-4H3;1H. The summed E-state index contributed by atoms with van der Waals surface area (Å²) in [7, 11) is 0. The molecule has 0 unspecified atom stereocenters. The third-order valence-electron chi connectivity index (χ3n) is 3.05. The number of hydrogen-bond acceptors (Lipinski definition) is 3. The first kappa shape index (κ1) is 15.6. The van der Waals surface area contributed by atoms with Gasteiger partial charge >= 0.3 is 0 Å². The van der Waals surface area contributed by atoms with E-state index in [0.717, 1.165) is 18.9 Å². The number of hydrogen-bond donors (Lipinski definition) is 1. The maximum Gasteiger partial charge on any atom is 0.124 e. The molecule has 0 aliphatic carbocycles. The van der Waals surface area contributed by atoms with Crippen LogP contribution in [0.1, 0.15) is 38.1 Å². The fourth-order valence-electron chi connectivity index (χ4n) is 2.05. The maximum absolute atomic E-state index is 4.35. The van der Waals surface area contributed by atoms with E-state index in [1.807, 2.05) is 27.8 Å². The summed E-state index contributed by atoms with van der Waals surface area (Å²) in [6.07, 6.45) is 3.74. The minimum atomic E-state index is 0. The van der Waals surface area contributed by atoms with E-state index in [1.54, 1.807) is 0 Å². The number of rotatable bonds is 5. The minimum absolute atomic E-state index is 0. The van der Waals surface area contributed by atoms with Crippen molar-refractivity contribution in [3.8, 4) is 0 Å². The molecule has 0 aromatic carbocycles. The maximum atomic E-state index is 4.35. The molecular formula is C13H22ClN5. The average Bonchev–Trinajstić information content (AvgIpc) is 2.93. The zero-order valence-corrected chi connectivity index (χ0v) is 12.7. The summed E-state index contributed by atoms with van der Waals surface area (Å²) in [6, 6.07) is 2.36. The summed E-state index contributed by atoms with van der Waals surface area (Å²) in [6.45, 7) is 10.1. The SMILES string of the molecule is CCn1ncc(C)c1CNc1ccnn1C(C)C.Cl. The Bertz CT molecular complexity index is 515. The molecule has 0 saturated heterocycles. The van der Waals surface area contributed by atoms with Crippen molar-refractivity contribution in [2.75, 3.05) is 5.32 Å². The van der Waals surface area contributed by atoms with Gasteiger partial charge in [-0.15, -0.1) is 12.4 Å². The van der Waals surface area contributed by atoms with E-state index in [2.05, 4.69) is 43.2 Å². The number of nitrogens with zero attached hydrogens (tertiary/aromatic N) is 4. The van der Waals surface area contributed by atoms with Gasteiger partial charge in [0.1, 0.15) is 5.82 Å². The lowest BCUT2D eigenvalue weighted by Crippen LogP contribution is -2.13. The second kappa shape index (κ2) is 6.61. The van der Waals surface area contributed by atoms with Gasteiger partial charge in [0.05, 0.1) is 24.6 Å². The lowest BCUT2D eigenvalue weighted by molar-refractivity contribution is 0.536. The van der Waals surface area contributed by atoms with Crippen LogP contribution >= 0.6 is 12.4 Å². The highest BCUT2D eigenvalue weighted by atomic mass is 35.5. The fourth-order valence-corrected chi connectivity index (χ4v) is 2.05. The third-order valence-corrected chi connectivity index (χ3v) is 3.05. The molecule has 0 bridgehead atoms. The Morgan fingerprint density at radius 2 is 2.05 bits per heavy atom. The second-order valence-corrected chi connectivity index (χ2v) is 4.70. The molecule has 6 heteroatoms. The molecule has 1 N–H and O–H groups in total. The second-order valence-electron chi connectivity index (χ2n) is 4.70. The van der Waals surface area contributed by atoms with Crippen LogP contribution in [-0.4, -0.2) is 19.6 Å². The zero-order valence-electron chi connectivity index (χ0n) is 11.9. The van der Waals surface area contributed by atoms with Crippen LogP contribution in [0.25, 0.3) is 0 Å². The van der Waals surface area contributed by atoms with Gasteiger partial charge in [-0.05, 0) is 33.3 Å². The Hall–Kier alpha value is -1.49. The highest BCUT2D eigenvalue weighted by Gasteiger charge is 2.09. The Balaban J connectivity index is 0.00000180. The first-order chi connectivity index (χ1) is 8.63. The Labute approximate surface area is 120 Å². The van der Waals surface area contributed by atoms with E-state index >= 15 is 0 Å². The van der Waals surface area contributed by atoms with E-state index in [1.165, 1.54) is 11.3 Å². The van der Waals surface area contributed by atoms with Crippen LogP contribution in [0.3, 0.4) is 0 Å². The fraction of sp³-hybridized carbons (Fsp3) is 0.538. The molecule has 0 amide bonds. The van der Waals surface area contributed by atoms with Crippen LogP contribution in [-0.2, 0) is 13.1 Å². The molecule has 2 heterocycles. The molecule has 0 aliphatic rings. The lowest BCUT2D eigenvalue weighted by atomic mass is 10.2. The number of anilines is 1. The Morgan fingerprint density at radius 1 is 1.32 bits per heavy atom. The normalized spacial score (nSPS) is 10.6. The molecule has 2 aromatic heterocycles. The van der Waals surface area contributed by atoms with Gasteiger partial charge < -0.3 is 5.32 Å². The Kier molecular flexibility index (Phi) is 5.42. The van der Waals surface area contributed by atoms with Gasteiger partial charge in [0.15, 0.2) is 0 Å². The molecule has 0 saturated carbocycles. The first-order valence-electron chi connectivity index (χ1n) is 6.42. The van der Waals surface area contributed by atoms with Crippen molar-refractivity contribution >= 4 is 18.2 Å². The van der Waals surface area contributed by atoms with Gasteiger partial charge in [-0.2, -0.15) is 10.2 Å². The molecule has 0 fully saturated rings. The molecule has 0 spiro atoms. The highest BCUT2D eigenvalue weighted by molar-refractivity contribution is 5.85. The third kappa shape index (κ3) is 3.29. The smallest absolute Gasteiger partial charge is 0.124 e. The first-order valence-corrected chi connectivity index (χ1v) is 6.42. The predicted octanol–water partition coefficient (Wildman–Crippen LogP) is 3.02. The number of aromatic nitrogens is 4. The van der Waals surface area contributed by atoms with E-state index < -0.39 is 0 Å². The van der Waals surface area contributed by atoms with Crippen molar-refractivity contribution in [2.45, 2.75) is 46.8 Å². The van der Waals surface area contributed by atoms with Gasteiger partial charge in [-0.3, -0.25) is 4.68 Å². The number of aryl methyl sites for hydroxylation is 2. The molecule has 0 radical (unpaired) electrons. The van der Waals surface area contributed by atoms with Crippen molar-refractivity contribution in [3.05, 3.63) is 29.7 Å². The summed E-state index contributed by atoms with van der Waals surface area (Å²) in [5.41, 5.74) is 2.45. The van der Waals surface area contributed by atoms with Crippen LogP contribution in [0.2, 0.25) is 0 Å². The van der Waals surface area contributed by atoms with Gasteiger partial charge in [0.25, 0.3) is 0 Å². The van der Waals surface area contributed by atoms with Crippen LogP contribution in [0.4, 0.5) is 5.82 Å². The van der Waals surface area contributed by atoms with Crippen molar-refractivity contribution in [2.24, 2.45) is 0 Å². The van der Waals surface area contributed by atoms with Gasteiger partial charge in [-0.25, -0.2) is 4.68 Å². The van der Waals surface area contributed by atoms with Crippen LogP contribution in [0.15, 0.2) is 18.5 Å². The van der Waals surface area contributed by atoms with Gasteiger partial charge in [0, 0.05) is 18.7 Å². The van der Waals surface area contributed by atoms with Crippen LogP contribution in [0, 0.1) is 6.92 Å². The van der Waals surface area contributed by atoms with Crippen molar-refractivity contribution in [1.29, 1.82) is 0 Å². The number of halogens is 1. The molecule has 5 nitrogen and oxygen atoms in total. The number of nitrogens with one attached hydrogen (secondary N) is 1. The molecule has 2 rings (SSSR count). The van der Waals surface area contributed by atoms with E-state index in [4.69, 9.17) is 0 Å². The summed E-state index contributed by atoms with van der Waals surface area (Å²) < 4.78 is 4.01. The molecule has 2 aromatic rings. The summed E-state index contributed by atoms with van der Waals surface area (Å²) >= 11 is 0. The molecule has 106 valence electrons. The zero-order chi connectivity index (χ0) is 13.1. The van der Waals surface area contributed by atoms with E-state index in [-0.39, 0.29) is 12.4 Å². The summed E-state index contributed by atoms with van der Waals surface area (Å²) in [5, 5.41) is 12.1.